The number of carbonyl (C=O) groups excluding carboxylic acids is 2. The molecule has 2 amide bonds. The molecular weight excluding hydrogens is 378 g/mol. The van der Waals surface area contributed by atoms with Gasteiger partial charge in [-0.25, -0.2) is 4.98 Å². The van der Waals surface area contributed by atoms with Gasteiger partial charge in [0.25, 0.3) is 0 Å². The maximum atomic E-state index is 11.9. The van der Waals surface area contributed by atoms with Crippen LogP contribution in [0.1, 0.15) is 31.7 Å². The second-order valence-corrected chi connectivity index (χ2v) is 7.12. The molecule has 0 aliphatic heterocycles. The molecule has 0 radical (unpaired) electrons. The van der Waals surface area contributed by atoms with E-state index >= 15 is 0 Å². The largest absolute Gasteiger partial charge is 0.437 e. The second-order valence-electron chi connectivity index (χ2n) is 6.71. The molecule has 1 fully saturated rings. The number of halogens is 1. The van der Waals surface area contributed by atoms with Crippen LogP contribution in [0.15, 0.2) is 42.6 Å². The molecule has 1 aromatic heterocycles. The normalized spacial score (nSPS) is 13.4. The number of ether oxygens (including phenoxy) is 1. The maximum Gasteiger partial charge on any atom is 0.224 e. The van der Waals surface area contributed by atoms with Crippen LogP contribution in [0.4, 0.5) is 5.69 Å². The maximum absolute atomic E-state index is 11.9. The molecule has 0 bridgehead atoms. The van der Waals surface area contributed by atoms with Gasteiger partial charge in [0.15, 0.2) is 0 Å². The van der Waals surface area contributed by atoms with Crippen molar-refractivity contribution in [2.45, 2.75) is 26.2 Å². The number of nitrogens with zero attached hydrogens (tertiary/aromatic N) is 1. The van der Waals surface area contributed by atoms with Gasteiger partial charge in [-0.1, -0.05) is 23.8 Å². The summed E-state index contributed by atoms with van der Waals surface area (Å²) < 4.78 is 5.72. The van der Waals surface area contributed by atoms with E-state index in [0.717, 1.165) is 18.4 Å². The van der Waals surface area contributed by atoms with E-state index in [1.807, 2.05) is 18.2 Å². The highest BCUT2D eigenvalue weighted by Gasteiger charge is 2.24. The summed E-state index contributed by atoms with van der Waals surface area (Å²) in [6, 6.07) is 8.72. The summed E-state index contributed by atoms with van der Waals surface area (Å²) in [7, 11) is 0. The van der Waals surface area contributed by atoms with Gasteiger partial charge in [0.05, 0.1) is 5.02 Å². The molecule has 28 heavy (non-hydrogen) atoms. The van der Waals surface area contributed by atoms with E-state index < -0.39 is 0 Å². The van der Waals surface area contributed by atoms with Crippen molar-refractivity contribution in [2.24, 2.45) is 5.92 Å². The number of carbonyl (C=O) groups is 2. The Bertz CT molecular complexity index is 877. The van der Waals surface area contributed by atoms with Gasteiger partial charge in [0, 0.05) is 37.8 Å². The summed E-state index contributed by atoms with van der Waals surface area (Å²) >= 11 is 6.27. The van der Waals surface area contributed by atoms with Crippen LogP contribution in [-0.2, 0) is 9.59 Å². The molecule has 1 heterocycles. The summed E-state index contributed by atoms with van der Waals surface area (Å²) in [6.45, 7) is 1.94. The lowest BCUT2D eigenvalue weighted by Gasteiger charge is -2.10. The van der Waals surface area contributed by atoms with Crippen molar-refractivity contribution in [2.75, 3.05) is 11.9 Å². The first-order valence-corrected chi connectivity index (χ1v) is 9.51. The third-order valence-corrected chi connectivity index (χ3v) is 4.43. The minimum Gasteiger partial charge on any atom is -0.437 e. The summed E-state index contributed by atoms with van der Waals surface area (Å²) in [5, 5.41) is 5.93. The van der Waals surface area contributed by atoms with Crippen molar-refractivity contribution in [3.8, 4) is 11.6 Å². The van der Waals surface area contributed by atoms with Crippen LogP contribution in [0.2, 0.25) is 5.02 Å². The summed E-state index contributed by atoms with van der Waals surface area (Å²) in [4.78, 5) is 27.0. The van der Waals surface area contributed by atoms with E-state index in [0.29, 0.717) is 41.2 Å². The predicted molar refractivity (Wildman–Crippen MR) is 109 cm³/mol. The SMILES string of the molecule is CC(=O)NC/C=C/c1ccc(Oc2ccc(NC(=O)CC3CC3)cc2Cl)nc1. The van der Waals surface area contributed by atoms with E-state index in [1.165, 1.54) is 6.92 Å². The number of pyridine rings is 1. The lowest BCUT2D eigenvalue weighted by Crippen LogP contribution is -2.19. The van der Waals surface area contributed by atoms with Gasteiger partial charge in [-0.05, 0) is 48.6 Å². The Balaban J connectivity index is 1.55. The van der Waals surface area contributed by atoms with Gasteiger partial charge >= 0.3 is 0 Å². The quantitative estimate of drug-likeness (QED) is 0.688. The number of rotatable bonds is 8. The minimum absolute atomic E-state index is 0.0102. The van der Waals surface area contributed by atoms with Crippen LogP contribution < -0.4 is 15.4 Å². The number of amides is 2. The third kappa shape index (κ3) is 6.39. The fourth-order valence-corrected chi connectivity index (χ4v) is 2.74. The van der Waals surface area contributed by atoms with E-state index in [4.69, 9.17) is 16.3 Å². The molecule has 0 spiro atoms. The van der Waals surface area contributed by atoms with E-state index in [9.17, 15) is 9.59 Å². The molecule has 2 aromatic rings. The fraction of sp³-hybridized carbons (Fsp3) is 0.286. The Hall–Kier alpha value is -2.86. The Morgan fingerprint density at radius 1 is 1.29 bits per heavy atom. The highest BCUT2D eigenvalue weighted by Crippen LogP contribution is 2.34. The van der Waals surface area contributed by atoms with Gasteiger partial charge in [-0.2, -0.15) is 0 Å². The van der Waals surface area contributed by atoms with Crippen LogP contribution in [0.25, 0.3) is 6.08 Å². The number of hydrogen-bond acceptors (Lipinski definition) is 4. The van der Waals surface area contributed by atoms with Crippen molar-refractivity contribution < 1.29 is 14.3 Å². The monoisotopic (exact) mass is 399 g/mol. The summed E-state index contributed by atoms with van der Waals surface area (Å²) in [5.41, 5.74) is 1.54. The highest BCUT2D eigenvalue weighted by molar-refractivity contribution is 6.32. The zero-order valence-electron chi connectivity index (χ0n) is 15.6. The van der Waals surface area contributed by atoms with Gasteiger partial charge in [0.1, 0.15) is 5.75 Å². The van der Waals surface area contributed by atoms with Crippen molar-refractivity contribution in [1.82, 2.24) is 10.3 Å². The van der Waals surface area contributed by atoms with Crippen LogP contribution in [0, 0.1) is 5.92 Å². The molecular formula is C21H22ClN3O3. The van der Waals surface area contributed by atoms with Crippen LogP contribution in [0.3, 0.4) is 0 Å². The Morgan fingerprint density at radius 2 is 2.11 bits per heavy atom. The van der Waals surface area contributed by atoms with Gasteiger partial charge in [-0.15, -0.1) is 0 Å². The van der Waals surface area contributed by atoms with E-state index in [2.05, 4.69) is 15.6 Å². The molecule has 7 heteroatoms. The molecule has 0 unspecified atom stereocenters. The topological polar surface area (TPSA) is 80.3 Å². The number of benzene rings is 1. The van der Waals surface area contributed by atoms with Crippen LogP contribution in [-0.4, -0.2) is 23.3 Å². The Morgan fingerprint density at radius 3 is 2.75 bits per heavy atom. The minimum atomic E-state index is -0.0723. The van der Waals surface area contributed by atoms with Gasteiger partial charge in [0.2, 0.25) is 17.7 Å². The van der Waals surface area contributed by atoms with Gasteiger partial charge < -0.3 is 15.4 Å². The van der Waals surface area contributed by atoms with Crippen molar-refractivity contribution >= 4 is 35.2 Å². The molecule has 3 rings (SSSR count). The Kier molecular flexibility index (Phi) is 6.66. The average molecular weight is 400 g/mol. The zero-order chi connectivity index (χ0) is 19.9. The second kappa shape index (κ2) is 9.37. The Labute approximate surface area is 169 Å². The van der Waals surface area contributed by atoms with Crippen molar-refractivity contribution in [3.63, 3.8) is 0 Å². The number of hydrogen-bond donors (Lipinski definition) is 2. The fourth-order valence-electron chi connectivity index (χ4n) is 2.52. The predicted octanol–water partition coefficient (Wildman–Crippen LogP) is 4.42. The molecule has 6 nitrogen and oxygen atoms in total. The number of nitrogens with one attached hydrogen (secondary N) is 2. The van der Waals surface area contributed by atoms with Crippen molar-refractivity contribution in [1.29, 1.82) is 0 Å². The van der Waals surface area contributed by atoms with E-state index in [1.54, 1.807) is 30.5 Å². The average Bonchev–Trinajstić information content (AvgIpc) is 3.46. The molecule has 1 saturated carbocycles. The van der Waals surface area contributed by atoms with Crippen molar-refractivity contribution in [3.05, 3.63) is 53.2 Å². The molecule has 1 aliphatic carbocycles. The van der Waals surface area contributed by atoms with E-state index in [-0.39, 0.29) is 11.8 Å². The lowest BCUT2D eigenvalue weighted by molar-refractivity contribution is -0.119. The standard InChI is InChI=1S/C21H22ClN3O3/c1-14(26)23-10-2-3-16-6-9-21(24-13-16)28-19-8-7-17(12-18(19)22)25-20(27)11-15-4-5-15/h2-3,6-9,12-13,15H,4-5,10-11H2,1H3,(H,23,26)(H,25,27)/b3-2+. The lowest BCUT2D eigenvalue weighted by atomic mass is 10.2. The highest BCUT2D eigenvalue weighted by atomic mass is 35.5. The molecule has 0 saturated heterocycles. The van der Waals surface area contributed by atoms with Crippen LogP contribution >= 0.6 is 11.6 Å². The van der Waals surface area contributed by atoms with Gasteiger partial charge in [-0.3, -0.25) is 9.59 Å². The molecule has 146 valence electrons. The molecule has 0 atom stereocenters. The number of aromatic nitrogens is 1. The first-order chi connectivity index (χ1) is 13.5. The summed E-state index contributed by atoms with van der Waals surface area (Å²) in [5.74, 6) is 1.34. The van der Waals surface area contributed by atoms with Crippen LogP contribution in [0.5, 0.6) is 11.6 Å². The molecule has 1 aliphatic rings. The first kappa shape index (κ1) is 19.9. The first-order valence-electron chi connectivity index (χ1n) is 9.14. The number of anilines is 1. The smallest absolute Gasteiger partial charge is 0.224 e. The molecule has 2 N–H and O–H groups in total. The third-order valence-electron chi connectivity index (χ3n) is 4.14. The zero-order valence-corrected chi connectivity index (χ0v) is 16.3. The summed E-state index contributed by atoms with van der Waals surface area (Å²) in [6.07, 6.45) is 8.20. The molecule has 1 aromatic carbocycles.